The van der Waals surface area contributed by atoms with E-state index >= 15 is 0 Å². The number of rotatable bonds is 3. The van der Waals surface area contributed by atoms with E-state index in [4.69, 9.17) is 0 Å². The normalized spacial score (nSPS) is 32.3. The van der Waals surface area contributed by atoms with Crippen molar-refractivity contribution in [1.29, 1.82) is 0 Å². The van der Waals surface area contributed by atoms with Crippen LogP contribution in [0.2, 0.25) is 0 Å². The summed E-state index contributed by atoms with van der Waals surface area (Å²) in [4.78, 5) is 5.20. The molecule has 1 atom stereocenters. The Hall–Kier alpha value is -0.680. The number of aromatic nitrogens is 2. The molecule has 0 amide bonds. The van der Waals surface area contributed by atoms with Crippen LogP contribution in [0.3, 0.4) is 0 Å². The summed E-state index contributed by atoms with van der Waals surface area (Å²) in [6.07, 6.45) is 7.08. The molecule has 0 aromatic carbocycles. The van der Waals surface area contributed by atoms with Gasteiger partial charge >= 0.3 is 0 Å². The third-order valence-electron chi connectivity index (χ3n) is 5.01. The molecule has 1 aliphatic carbocycles. The van der Waals surface area contributed by atoms with Crippen molar-refractivity contribution in [3.63, 3.8) is 0 Å². The van der Waals surface area contributed by atoms with Crippen LogP contribution >= 0.6 is 11.3 Å². The van der Waals surface area contributed by atoms with Gasteiger partial charge in [0.2, 0.25) is 5.13 Å². The third-order valence-corrected chi connectivity index (χ3v) is 5.76. The minimum absolute atomic E-state index is 0.540. The van der Waals surface area contributed by atoms with Crippen LogP contribution in [0.4, 0.5) is 5.13 Å². The van der Waals surface area contributed by atoms with Crippen LogP contribution in [-0.2, 0) is 0 Å². The molecule has 2 aliphatic heterocycles. The first-order valence-electron chi connectivity index (χ1n) is 7.57. The maximum absolute atomic E-state index is 4.23. The number of hydrogen-bond donors (Lipinski definition) is 0. The van der Waals surface area contributed by atoms with E-state index < -0.39 is 0 Å². The van der Waals surface area contributed by atoms with Crippen LogP contribution in [0.25, 0.3) is 0 Å². The molecule has 4 rings (SSSR count). The molecule has 1 unspecified atom stereocenters. The molecule has 19 heavy (non-hydrogen) atoms. The molecular weight excluding hydrogens is 256 g/mol. The van der Waals surface area contributed by atoms with Gasteiger partial charge in [0, 0.05) is 31.6 Å². The van der Waals surface area contributed by atoms with Crippen molar-refractivity contribution in [3.8, 4) is 0 Å². The Morgan fingerprint density at radius 3 is 3.00 bits per heavy atom. The first kappa shape index (κ1) is 12.1. The molecular formula is C14H22N4S. The highest BCUT2D eigenvalue weighted by Gasteiger charge is 2.42. The smallest absolute Gasteiger partial charge is 0.208 e. The molecule has 4 nitrogen and oxygen atoms in total. The van der Waals surface area contributed by atoms with Gasteiger partial charge in [0.25, 0.3) is 0 Å². The fourth-order valence-electron chi connectivity index (χ4n) is 3.87. The molecule has 2 saturated heterocycles. The lowest BCUT2D eigenvalue weighted by molar-refractivity contribution is 0.101. The summed E-state index contributed by atoms with van der Waals surface area (Å²) in [5, 5.41) is 9.34. The highest BCUT2D eigenvalue weighted by atomic mass is 32.1. The number of nitrogens with zero attached hydrogens (tertiary/aromatic N) is 4. The van der Waals surface area contributed by atoms with Crippen molar-refractivity contribution in [2.24, 2.45) is 11.3 Å². The average molecular weight is 278 g/mol. The maximum atomic E-state index is 4.23. The van der Waals surface area contributed by atoms with E-state index in [2.05, 4.69) is 20.0 Å². The summed E-state index contributed by atoms with van der Waals surface area (Å²) in [6, 6.07) is 0. The van der Waals surface area contributed by atoms with Crippen LogP contribution < -0.4 is 4.90 Å². The zero-order valence-electron chi connectivity index (χ0n) is 11.4. The van der Waals surface area contributed by atoms with E-state index in [1.165, 1.54) is 64.8 Å². The zero-order valence-corrected chi connectivity index (χ0v) is 12.2. The van der Waals surface area contributed by atoms with Gasteiger partial charge in [-0.1, -0.05) is 11.3 Å². The van der Waals surface area contributed by atoms with E-state index in [1.807, 2.05) is 5.51 Å². The topological polar surface area (TPSA) is 32.3 Å². The predicted octanol–water partition coefficient (Wildman–Crippen LogP) is 2.24. The van der Waals surface area contributed by atoms with E-state index in [0.29, 0.717) is 5.41 Å². The minimum atomic E-state index is 0.540. The summed E-state index contributed by atoms with van der Waals surface area (Å²) in [7, 11) is 0. The summed E-state index contributed by atoms with van der Waals surface area (Å²) in [6.45, 7) is 6.38. The van der Waals surface area contributed by atoms with E-state index in [9.17, 15) is 0 Å². The number of anilines is 1. The van der Waals surface area contributed by atoms with Gasteiger partial charge < -0.3 is 9.80 Å². The van der Waals surface area contributed by atoms with E-state index in [-0.39, 0.29) is 0 Å². The molecule has 3 fully saturated rings. The summed E-state index contributed by atoms with van der Waals surface area (Å²) >= 11 is 1.68. The van der Waals surface area contributed by atoms with Gasteiger partial charge in [0.05, 0.1) is 0 Å². The molecule has 1 saturated carbocycles. The molecule has 0 bridgehead atoms. The monoisotopic (exact) mass is 278 g/mol. The molecule has 1 aromatic heterocycles. The number of piperidine rings is 1. The van der Waals surface area contributed by atoms with Gasteiger partial charge in [-0.05, 0) is 44.6 Å². The van der Waals surface area contributed by atoms with E-state index in [1.54, 1.807) is 11.3 Å². The van der Waals surface area contributed by atoms with Crippen molar-refractivity contribution in [2.75, 3.05) is 37.6 Å². The molecule has 1 aromatic rings. The molecule has 104 valence electrons. The second kappa shape index (κ2) is 4.70. The van der Waals surface area contributed by atoms with Gasteiger partial charge in [-0.15, -0.1) is 10.2 Å². The minimum Gasteiger partial charge on any atom is -0.346 e. The number of likely N-dealkylation sites (tertiary alicyclic amines) is 1. The van der Waals surface area contributed by atoms with E-state index in [0.717, 1.165) is 11.0 Å². The quantitative estimate of drug-likeness (QED) is 0.849. The Balaban J connectivity index is 1.42. The van der Waals surface area contributed by atoms with Crippen molar-refractivity contribution in [2.45, 2.75) is 32.1 Å². The van der Waals surface area contributed by atoms with Gasteiger partial charge in [-0.3, -0.25) is 0 Å². The molecule has 3 heterocycles. The molecule has 0 radical (unpaired) electrons. The van der Waals surface area contributed by atoms with Gasteiger partial charge in [-0.25, -0.2) is 0 Å². The second-order valence-electron chi connectivity index (χ2n) is 6.67. The first-order valence-corrected chi connectivity index (χ1v) is 8.44. The second-order valence-corrected chi connectivity index (χ2v) is 7.49. The van der Waals surface area contributed by atoms with Crippen molar-refractivity contribution in [1.82, 2.24) is 15.1 Å². The maximum Gasteiger partial charge on any atom is 0.208 e. The predicted molar refractivity (Wildman–Crippen MR) is 77.6 cm³/mol. The Kier molecular flexibility index (Phi) is 2.99. The zero-order chi connectivity index (χ0) is 12.7. The third kappa shape index (κ3) is 2.50. The summed E-state index contributed by atoms with van der Waals surface area (Å²) in [5.74, 6) is 1.02. The number of hydrogen-bond acceptors (Lipinski definition) is 5. The van der Waals surface area contributed by atoms with Crippen LogP contribution in [0, 0.1) is 11.3 Å². The lowest BCUT2D eigenvalue weighted by Gasteiger charge is -2.40. The highest BCUT2D eigenvalue weighted by molar-refractivity contribution is 7.13. The Labute approximate surface area is 118 Å². The largest absolute Gasteiger partial charge is 0.346 e. The van der Waals surface area contributed by atoms with Gasteiger partial charge in [0.1, 0.15) is 5.51 Å². The van der Waals surface area contributed by atoms with Crippen LogP contribution in [0.5, 0.6) is 0 Å². The van der Waals surface area contributed by atoms with Crippen LogP contribution in [-0.4, -0.2) is 47.8 Å². The van der Waals surface area contributed by atoms with Gasteiger partial charge in [-0.2, -0.15) is 0 Å². The van der Waals surface area contributed by atoms with Crippen molar-refractivity contribution >= 4 is 16.5 Å². The Morgan fingerprint density at radius 1 is 1.26 bits per heavy atom. The van der Waals surface area contributed by atoms with Crippen molar-refractivity contribution in [3.05, 3.63) is 5.51 Å². The highest BCUT2D eigenvalue weighted by Crippen LogP contribution is 2.42. The fraction of sp³-hybridized carbons (Fsp3) is 0.857. The molecule has 1 spiro atoms. The fourth-order valence-corrected chi connectivity index (χ4v) is 4.46. The molecule has 5 heteroatoms. The van der Waals surface area contributed by atoms with Crippen LogP contribution in [0.1, 0.15) is 32.1 Å². The van der Waals surface area contributed by atoms with Gasteiger partial charge in [0.15, 0.2) is 0 Å². The Morgan fingerprint density at radius 2 is 2.21 bits per heavy atom. The lowest BCUT2D eigenvalue weighted by Crippen LogP contribution is -2.45. The standard InChI is InChI=1S/C14H22N4S/c1-4-14(9-17(6-1)8-12-2-3-12)5-7-18(10-14)13-16-15-11-19-13/h11-12H,1-10H2. The SMILES string of the molecule is c1nnc(N2CCC3(CCCN(CC4CC4)C3)C2)s1. The van der Waals surface area contributed by atoms with Crippen LogP contribution in [0.15, 0.2) is 5.51 Å². The summed E-state index contributed by atoms with van der Waals surface area (Å²) in [5.41, 5.74) is 2.39. The average Bonchev–Trinajstić information content (AvgIpc) is 2.93. The molecule has 3 aliphatic rings. The Bertz CT molecular complexity index is 431. The van der Waals surface area contributed by atoms with Crippen molar-refractivity contribution < 1.29 is 0 Å². The summed E-state index contributed by atoms with van der Waals surface area (Å²) < 4.78 is 0. The molecule has 0 N–H and O–H groups in total. The lowest BCUT2D eigenvalue weighted by atomic mass is 9.79. The first-order chi connectivity index (χ1) is 9.33.